The number of aliphatic hydroxyl groups is 1. The molecule has 1 heterocycles. The molecule has 0 unspecified atom stereocenters. The number of ether oxygens (including phenoxy) is 1. The van der Waals surface area contributed by atoms with E-state index in [1.165, 1.54) is 31.3 Å². The van der Waals surface area contributed by atoms with E-state index in [-0.39, 0.29) is 11.9 Å². The second kappa shape index (κ2) is 7.24. The standard InChI is InChI=1S/C15H13ClF3N3O3/c1-2-25-12(23)14(24,15(17,18)19)9-3-5-10(6-4-9)21-11-7-8-20-13(16)22-11/h3-8,24H,2H2,1H3,(H,20,21,22)/t14-/m0/s1. The molecule has 0 saturated heterocycles. The largest absolute Gasteiger partial charge is 0.463 e. The number of hydrogen-bond acceptors (Lipinski definition) is 6. The van der Waals surface area contributed by atoms with Crippen LogP contribution in [0.4, 0.5) is 24.7 Å². The van der Waals surface area contributed by atoms with E-state index in [2.05, 4.69) is 20.0 Å². The molecule has 0 aliphatic carbocycles. The number of alkyl halides is 3. The number of rotatable bonds is 5. The minimum atomic E-state index is -5.24. The molecular formula is C15H13ClF3N3O3. The van der Waals surface area contributed by atoms with Crippen molar-refractivity contribution in [2.75, 3.05) is 11.9 Å². The van der Waals surface area contributed by atoms with E-state index in [0.29, 0.717) is 11.5 Å². The first-order valence-corrected chi connectivity index (χ1v) is 7.38. The molecule has 6 nitrogen and oxygen atoms in total. The molecule has 0 aliphatic rings. The Balaban J connectivity index is 2.31. The van der Waals surface area contributed by atoms with Crippen molar-refractivity contribution < 1.29 is 27.8 Å². The first-order chi connectivity index (χ1) is 11.7. The maximum Gasteiger partial charge on any atom is 0.432 e. The van der Waals surface area contributed by atoms with Crippen LogP contribution >= 0.6 is 11.6 Å². The molecule has 25 heavy (non-hydrogen) atoms. The Labute approximate surface area is 145 Å². The summed E-state index contributed by atoms with van der Waals surface area (Å²) in [6.45, 7) is 1.04. The van der Waals surface area contributed by atoms with Crippen LogP contribution in [0.5, 0.6) is 0 Å². The Hall–Kier alpha value is -2.39. The van der Waals surface area contributed by atoms with Gasteiger partial charge in [-0.2, -0.15) is 13.2 Å². The smallest absolute Gasteiger partial charge is 0.432 e. The van der Waals surface area contributed by atoms with Gasteiger partial charge in [0, 0.05) is 17.4 Å². The van der Waals surface area contributed by atoms with Gasteiger partial charge >= 0.3 is 12.1 Å². The Morgan fingerprint density at radius 2 is 1.92 bits per heavy atom. The molecule has 2 rings (SSSR count). The number of benzene rings is 1. The fourth-order valence-corrected chi connectivity index (χ4v) is 2.13. The van der Waals surface area contributed by atoms with E-state index in [9.17, 15) is 23.1 Å². The van der Waals surface area contributed by atoms with Gasteiger partial charge in [-0.3, -0.25) is 0 Å². The highest BCUT2D eigenvalue weighted by Gasteiger charge is 2.62. The van der Waals surface area contributed by atoms with E-state index in [4.69, 9.17) is 11.6 Å². The normalized spacial score (nSPS) is 13.8. The van der Waals surface area contributed by atoms with Gasteiger partial charge in [0.2, 0.25) is 5.28 Å². The van der Waals surface area contributed by atoms with Crippen LogP contribution in [0.2, 0.25) is 5.28 Å². The van der Waals surface area contributed by atoms with Crippen LogP contribution in [0.1, 0.15) is 12.5 Å². The zero-order valence-corrected chi connectivity index (χ0v) is 13.6. The van der Waals surface area contributed by atoms with Crippen molar-refractivity contribution in [1.82, 2.24) is 9.97 Å². The number of hydrogen-bond donors (Lipinski definition) is 2. The number of carbonyl (C=O) groups excluding carboxylic acids is 1. The van der Waals surface area contributed by atoms with Gasteiger partial charge in [-0.05, 0) is 36.7 Å². The number of nitrogens with zero attached hydrogens (tertiary/aromatic N) is 2. The quantitative estimate of drug-likeness (QED) is 0.617. The minimum Gasteiger partial charge on any atom is -0.463 e. The third-order valence-electron chi connectivity index (χ3n) is 3.18. The van der Waals surface area contributed by atoms with E-state index in [1.807, 2.05) is 0 Å². The zero-order chi connectivity index (χ0) is 18.7. The van der Waals surface area contributed by atoms with Gasteiger partial charge in [0.15, 0.2) is 0 Å². The van der Waals surface area contributed by atoms with E-state index >= 15 is 0 Å². The Bertz CT molecular complexity index is 756. The minimum absolute atomic E-state index is 0.00428. The SMILES string of the molecule is CCOC(=O)[C@@](O)(c1ccc(Nc2ccnc(Cl)n2)cc1)C(F)(F)F. The number of anilines is 2. The highest BCUT2D eigenvalue weighted by atomic mass is 35.5. The van der Waals surface area contributed by atoms with E-state index in [1.54, 1.807) is 0 Å². The summed E-state index contributed by atoms with van der Waals surface area (Å²) in [6, 6.07) is 5.94. The third-order valence-corrected chi connectivity index (χ3v) is 3.36. The van der Waals surface area contributed by atoms with Crippen molar-refractivity contribution in [2.24, 2.45) is 0 Å². The van der Waals surface area contributed by atoms with Crippen molar-refractivity contribution in [3.05, 3.63) is 47.4 Å². The average Bonchev–Trinajstić information content (AvgIpc) is 2.54. The van der Waals surface area contributed by atoms with Gasteiger partial charge in [0.1, 0.15) is 5.82 Å². The lowest BCUT2D eigenvalue weighted by molar-refractivity contribution is -0.267. The number of carbonyl (C=O) groups is 1. The summed E-state index contributed by atoms with van der Waals surface area (Å²) in [7, 11) is 0. The fraction of sp³-hybridized carbons (Fsp3) is 0.267. The molecule has 0 radical (unpaired) electrons. The highest BCUT2D eigenvalue weighted by Crippen LogP contribution is 2.40. The maximum absolute atomic E-state index is 13.3. The predicted octanol–water partition coefficient (Wildman–Crippen LogP) is 3.19. The lowest BCUT2D eigenvalue weighted by atomic mass is 9.93. The van der Waals surface area contributed by atoms with Crippen molar-refractivity contribution in [3.63, 3.8) is 0 Å². The number of nitrogens with one attached hydrogen (secondary N) is 1. The Kier molecular flexibility index (Phi) is 5.48. The van der Waals surface area contributed by atoms with Crippen LogP contribution in [0.15, 0.2) is 36.5 Å². The molecule has 0 aliphatic heterocycles. The van der Waals surface area contributed by atoms with E-state index in [0.717, 1.165) is 12.1 Å². The van der Waals surface area contributed by atoms with Gasteiger partial charge < -0.3 is 15.2 Å². The van der Waals surface area contributed by atoms with Gasteiger partial charge in [0.25, 0.3) is 5.60 Å². The topological polar surface area (TPSA) is 84.3 Å². The highest BCUT2D eigenvalue weighted by molar-refractivity contribution is 6.28. The summed E-state index contributed by atoms with van der Waals surface area (Å²) >= 11 is 5.64. The predicted molar refractivity (Wildman–Crippen MR) is 83.4 cm³/mol. The Morgan fingerprint density at radius 3 is 2.44 bits per heavy atom. The van der Waals surface area contributed by atoms with Crippen LogP contribution < -0.4 is 5.32 Å². The lowest BCUT2D eigenvalue weighted by Gasteiger charge is -2.28. The molecule has 10 heteroatoms. The lowest BCUT2D eigenvalue weighted by Crippen LogP contribution is -2.50. The van der Waals surface area contributed by atoms with Gasteiger partial charge in [-0.25, -0.2) is 14.8 Å². The van der Waals surface area contributed by atoms with Crippen molar-refractivity contribution in [2.45, 2.75) is 18.7 Å². The number of aromatic nitrogens is 2. The van der Waals surface area contributed by atoms with Crippen LogP contribution in [0, 0.1) is 0 Å². The molecule has 1 aromatic carbocycles. The number of esters is 1. The molecule has 0 saturated carbocycles. The van der Waals surface area contributed by atoms with Crippen LogP contribution in [-0.2, 0) is 15.1 Å². The molecule has 0 amide bonds. The van der Waals surface area contributed by atoms with Crippen LogP contribution in [0.3, 0.4) is 0 Å². The molecule has 0 bridgehead atoms. The molecule has 1 atom stereocenters. The second-order valence-electron chi connectivity index (χ2n) is 4.84. The van der Waals surface area contributed by atoms with Gasteiger partial charge in [-0.15, -0.1) is 0 Å². The zero-order valence-electron chi connectivity index (χ0n) is 12.8. The molecule has 0 spiro atoms. The molecule has 2 aromatic rings. The van der Waals surface area contributed by atoms with Crippen molar-refractivity contribution in [1.29, 1.82) is 0 Å². The summed E-state index contributed by atoms with van der Waals surface area (Å²) < 4.78 is 44.1. The average molecular weight is 376 g/mol. The summed E-state index contributed by atoms with van der Waals surface area (Å²) in [4.78, 5) is 19.3. The summed E-state index contributed by atoms with van der Waals surface area (Å²) in [6.07, 6.45) is -3.84. The second-order valence-corrected chi connectivity index (χ2v) is 5.18. The summed E-state index contributed by atoms with van der Waals surface area (Å²) in [5.74, 6) is -1.46. The third kappa shape index (κ3) is 3.99. The molecule has 2 N–H and O–H groups in total. The first kappa shape index (κ1) is 18.9. The molecule has 0 fully saturated rings. The maximum atomic E-state index is 13.3. The first-order valence-electron chi connectivity index (χ1n) is 7.01. The number of halogens is 4. The van der Waals surface area contributed by atoms with Gasteiger partial charge in [-0.1, -0.05) is 12.1 Å². The van der Waals surface area contributed by atoms with Crippen molar-refractivity contribution >= 4 is 29.1 Å². The molecule has 134 valence electrons. The Morgan fingerprint density at radius 1 is 1.28 bits per heavy atom. The van der Waals surface area contributed by atoms with Crippen molar-refractivity contribution in [3.8, 4) is 0 Å². The monoisotopic (exact) mass is 375 g/mol. The summed E-state index contributed by atoms with van der Waals surface area (Å²) in [5, 5.41) is 12.8. The van der Waals surface area contributed by atoms with E-state index < -0.39 is 23.3 Å². The summed E-state index contributed by atoms with van der Waals surface area (Å²) in [5.41, 5.74) is -4.05. The molecular weight excluding hydrogens is 363 g/mol. The fourth-order valence-electron chi connectivity index (χ4n) is 1.98. The van der Waals surface area contributed by atoms with Crippen LogP contribution in [0.25, 0.3) is 0 Å². The molecule has 1 aromatic heterocycles. The van der Waals surface area contributed by atoms with Gasteiger partial charge in [0.05, 0.1) is 6.61 Å². The van der Waals surface area contributed by atoms with Crippen LogP contribution in [-0.4, -0.2) is 33.8 Å².